The zero-order chi connectivity index (χ0) is 12.3. The first kappa shape index (κ1) is 11.9. The second-order valence-electron chi connectivity index (χ2n) is 4.00. The van der Waals surface area contributed by atoms with Crippen LogP contribution in [-0.4, -0.2) is 5.78 Å². The van der Waals surface area contributed by atoms with Gasteiger partial charge in [0.1, 0.15) is 0 Å². The van der Waals surface area contributed by atoms with Crippen LogP contribution in [0.1, 0.15) is 28.8 Å². The fraction of sp³-hybridized carbons (Fsp3) is 0.133. The Bertz CT molecular complexity index is 502. The molecule has 1 atom stereocenters. The summed E-state index contributed by atoms with van der Waals surface area (Å²) in [5, 5.41) is 0.647. The van der Waals surface area contributed by atoms with E-state index in [1.54, 1.807) is 24.3 Å². The number of ketones is 1. The summed E-state index contributed by atoms with van der Waals surface area (Å²) >= 11 is 5.80. The summed E-state index contributed by atoms with van der Waals surface area (Å²) in [5.74, 6) is -0.00904. The maximum atomic E-state index is 12.2. The minimum atomic E-state index is -0.127. The molecule has 17 heavy (non-hydrogen) atoms. The Kier molecular flexibility index (Phi) is 3.60. The van der Waals surface area contributed by atoms with Crippen molar-refractivity contribution in [3.63, 3.8) is 0 Å². The second-order valence-corrected chi connectivity index (χ2v) is 4.44. The summed E-state index contributed by atoms with van der Waals surface area (Å²) in [4.78, 5) is 12.2. The molecule has 0 bridgehead atoms. The van der Waals surface area contributed by atoms with Crippen LogP contribution in [0.3, 0.4) is 0 Å². The molecule has 2 heteroatoms. The SMILES string of the molecule is CC(C(=O)c1ccc(Cl)cc1)c1ccccc1. The fourth-order valence-corrected chi connectivity index (χ4v) is 1.88. The van der Waals surface area contributed by atoms with Crippen molar-refractivity contribution in [1.29, 1.82) is 0 Å². The van der Waals surface area contributed by atoms with E-state index in [9.17, 15) is 4.79 Å². The molecule has 0 aliphatic carbocycles. The predicted molar refractivity (Wildman–Crippen MR) is 70.6 cm³/mol. The molecular weight excluding hydrogens is 232 g/mol. The first-order chi connectivity index (χ1) is 8.18. The van der Waals surface area contributed by atoms with E-state index in [4.69, 9.17) is 11.6 Å². The van der Waals surface area contributed by atoms with E-state index in [0.29, 0.717) is 10.6 Å². The van der Waals surface area contributed by atoms with E-state index in [2.05, 4.69) is 0 Å². The normalized spacial score (nSPS) is 12.1. The number of hydrogen-bond donors (Lipinski definition) is 0. The highest BCUT2D eigenvalue weighted by molar-refractivity contribution is 6.30. The maximum absolute atomic E-state index is 12.2. The monoisotopic (exact) mass is 244 g/mol. The Morgan fingerprint density at radius 1 is 1.00 bits per heavy atom. The van der Waals surface area contributed by atoms with Crippen LogP contribution in [0.2, 0.25) is 5.02 Å². The number of halogens is 1. The Balaban J connectivity index is 2.23. The number of carbonyl (C=O) groups excluding carboxylic acids is 1. The van der Waals surface area contributed by atoms with Crippen LogP contribution in [0, 0.1) is 0 Å². The molecule has 0 heterocycles. The highest BCUT2D eigenvalue weighted by Gasteiger charge is 2.16. The molecule has 0 radical (unpaired) electrons. The molecule has 1 unspecified atom stereocenters. The van der Waals surface area contributed by atoms with Gasteiger partial charge in [0.05, 0.1) is 0 Å². The van der Waals surface area contributed by atoms with E-state index in [-0.39, 0.29) is 11.7 Å². The smallest absolute Gasteiger partial charge is 0.170 e. The van der Waals surface area contributed by atoms with Gasteiger partial charge in [0.15, 0.2) is 5.78 Å². The summed E-state index contributed by atoms with van der Waals surface area (Å²) in [7, 11) is 0. The summed E-state index contributed by atoms with van der Waals surface area (Å²) in [6.07, 6.45) is 0. The molecule has 2 rings (SSSR count). The lowest BCUT2D eigenvalue weighted by Crippen LogP contribution is -2.09. The van der Waals surface area contributed by atoms with Crippen molar-refractivity contribution in [3.05, 3.63) is 70.7 Å². The zero-order valence-corrected chi connectivity index (χ0v) is 10.3. The maximum Gasteiger partial charge on any atom is 0.170 e. The second kappa shape index (κ2) is 5.15. The van der Waals surface area contributed by atoms with Crippen LogP contribution in [-0.2, 0) is 0 Å². The summed E-state index contributed by atoms with van der Waals surface area (Å²) in [6.45, 7) is 1.92. The lowest BCUT2D eigenvalue weighted by Gasteiger charge is -2.10. The number of carbonyl (C=O) groups is 1. The van der Waals surface area contributed by atoms with Gasteiger partial charge < -0.3 is 0 Å². The summed E-state index contributed by atoms with van der Waals surface area (Å²) < 4.78 is 0. The molecule has 2 aromatic rings. The lowest BCUT2D eigenvalue weighted by molar-refractivity contribution is 0.0966. The first-order valence-corrected chi connectivity index (χ1v) is 5.91. The van der Waals surface area contributed by atoms with E-state index in [1.807, 2.05) is 37.3 Å². The first-order valence-electron chi connectivity index (χ1n) is 5.53. The van der Waals surface area contributed by atoms with Crippen molar-refractivity contribution in [2.24, 2.45) is 0 Å². The molecule has 0 aromatic heterocycles. The molecule has 1 nitrogen and oxygen atoms in total. The molecule has 0 amide bonds. The largest absolute Gasteiger partial charge is 0.294 e. The van der Waals surface area contributed by atoms with Crippen LogP contribution < -0.4 is 0 Å². The molecule has 2 aromatic carbocycles. The van der Waals surface area contributed by atoms with Gasteiger partial charge in [-0.15, -0.1) is 0 Å². The molecule has 86 valence electrons. The molecule has 0 saturated carbocycles. The minimum absolute atomic E-state index is 0.118. The van der Waals surface area contributed by atoms with Gasteiger partial charge in [-0.25, -0.2) is 0 Å². The van der Waals surface area contributed by atoms with Crippen LogP contribution >= 0.6 is 11.6 Å². The molecule has 0 saturated heterocycles. The van der Waals surface area contributed by atoms with E-state index >= 15 is 0 Å². The Labute approximate surface area is 106 Å². The van der Waals surface area contributed by atoms with E-state index in [1.165, 1.54) is 0 Å². The summed E-state index contributed by atoms with van der Waals surface area (Å²) in [5.41, 5.74) is 1.73. The molecule has 0 N–H and O–H groups in total. The van der Waals surface area contributed by atoms with Crippen molar-refractivity contribution in [2.75, 3.05) is 0 Å². The van der Waals surface area contributed by atoms with Gasteiger partial charge in [-0.1, -0.05) is 48.9 Å². The Hall–Kier alpha value is -1.60. The highest BCUT2D eigenvalue weighted by Crippen LogP contribution is 2.21. The van der Waals surface area contributed by atoms with Gasteiger partial charge in [-0.05, 0) is 29.8 Å². The number of benzene rings is 2. The number of Topliss-reactive ketones (excluding diaryl/α,β-unsaturated/α-hetero) is 1. The third-order valence-electron chi connectivity index (χ3n) is 2.82. The van der Waals surface area contributed by atoms with Gasteiger partial charge in [0, 0.05) is 16.5 Å². The summed E-state index contributed by atoms with van der Waals surface area (Å²) in [6, 6.07) is 16.8. The lowest BCUT2D eigenvalue weighted by atomic mass is 9.92. The van der Waals surface area contributed by atoms with E-state index < -0.39 is 0 Å². The third-order valence-corrected chi connectivity index (χ3v) is 3.07. The fourth-order valence-electron chi connectivity index (χ4n) is 1.76. The van der Waals surface area contributed by atoms with Gasteiger partial charge >= 0.3 is 0 Å². The van der Waals surface area contributed by atoms with Crippen molar-refractivity contribution in [1.82, 2.24) is 0 Å². The van der Waals surface area contributed by atoms with Gasteiger partial charge in [0.2, 0.25) is 0 Å². The van der Waals surface area contributed by atoms with Crippen molar-refractivity contribution in [2.45, 2.75) is 12.8 Å². The van der Waals surface area contributed by atoms with Gasteiger partial charge in [-0.2, -0.15) is 0 Å². The average molecular weight is 245 g/mol. The topological polar surface area (TPSA) is 17.1 Å². The third kappa shape index (κ3) is 2.75. The number of rotatable bonds is 3. The Morgan fingerprint density at radius 3 is 2.18 bits per heavy atom. The minimum Gasteiger partial charge on any atom is -0.294 e. The van der Waals surface area contributed by atoms with E-state index in [0.717, 1.165) is 5.56 Å². The van der Waals surface area contributed by atoms with Crippen LogP contribution in [0.15, 0.2) is 54.6 Å². The number of hydrogen-bond acceptors (Lipinski definition) is 1. The zero-order valence-electron chi connectivity index (χ0n) is 9.56. The quantitative estimate of drug-likeness (QED) is 0.735. The molecule has 0 aliphatic rings. The average Bonchev–Trinajstić information content (AvgIpc) is 2.39. The van der Waals surface area contributed by atoms with Gasteiger partial charge in [-0.3, -0.25) is 4.79 Å². The van der Waals surface area contributed by atoms with Crippen LogP contribution in [0.4, 0.5) is 0 Å². The van der Waals surface area contributed by atoms with Crippen molar-refractivity contribution in [3.8, 4) is 0 Å². The Morgan fingerprint density at radius 2 is 1.59 bits per heavy atom. The molecule has 0 fully saturated rings. The van der Waals surface area contributed by atoms with Crippen LogP contribution in [0.5, 0.6) is 0 Å². The van der Waals surface area contributed by atoms with Crippen LogP contribution in [0.25, 0.3) is 0 Å². The van der Waals surface area contributed by atoms with Crippen molar-refractivity contribution < 1.29 is 4.79 Å². The van der Waals surface area contributed by atoms with Crippen molar-refractivity contribution >= 4 is 17.4 Å². The molecular formula is C15H13ClO. The molecule has 0 spiro atoms. The molecule has 0 aliphatic heterocycles. The standard InChI is InChI=1S/C15H13ClO/c1-11(12-5-3-2-4-6-12)15(17)13-7-9-14(16)10-8-13/h2-11H,1H3. The predicted octanol–water partition coefficient (Wildman–Crippen LogP) is 4.33. The highest BCUT2D eigenvalue weighted by atomic mass is 35.5. The van der Waals surface area contributed by atoms with Gasteiger partial charge in [0.25, 0.3) is 0 Å².